The fourth-order valence-corrected chi connectivity index (χ4v) is 2.91. The lowest BCUT2D eigenvalue weighted by atomic mass is 9.99. The quantitative estimate of drug-likeness (QED) is 0.660. The van der Waals surface area contributed by atoms with E-state index in [1.807, 2.05) is 0 Å². The first-order valence-corrected chi connectivity index (χ1v) is 5.81. The number of fused-ring (bicyclic) bond motifs is 2. The highest BCUT2D eigenvalue weighted by molar-refractivity contribution is 4.85. The maximum absolute atomic E-state index is 3.40. The van der Waals surface area contributed by atoms with Gasteiger partial charge in [0.15, 0.2) is 0 Å². The molecule has 0 spiro atoms. The third-order valence-electron chi connectivity index (χ3n) is 3.54. The molecule has 1 saturated carbocycles. The average Bonchev–Trinajstić information content (AvgIpc) is 2.46. The Kier molecular flexibility index (Phi) is 3.23. The van der Waals surface area contributed by atoms with Crippen molar-refractivity contribution in [3.05, 3.63) is 0 Å². The van der Waals surface area contributed by atoms with Gasteiger partial charge in [-0.05, 0) is 37.6 Å². The normalized spacial score (nSPS) is 33.9. The fraction of sp³-hybridized carbons (Fsp3) is 1.00. The van der Waals surface area contributed by atoms with Crippen LogP contribution in [0.2, 0.25) is 0 Å². The third-order valence-corrected chi connectivity index (χ3v) is 3.54. The van der Waals surface area contributed by atoms with Crippen LogP contribution in [0.25, 0.3) is 0 Å². The summed E-state index contributed by atoms with van der Waals surface area (Å²) in [5, 5.41) is 3.40. The molecule has 1 N–H and O–H groups in total. The Morgan fingerprint density at radius 2 is 1.92 bits per heavy atom. The predicted octanol–water partition coefficient (Wildman–Crippen LogP) is 1.33. The Labute approximate surface area is 81.7 Å². The third kappa shape index (κ3) is 2.44. The van der Waals surface area contributed by atoms with Crippen molar-refractivity contribution < 1.29 is 0 Å². The topological polar surface area (TPSA) is 15.3 Å². The summed E-state index contributed by atoms with van der Waals surface area (Å²) in [5.74, 6) is 2.08. The first kappa shape index (κ1) is 9.47. The van der Waals surface area contributed by atoms with Gasteiger partial charge >= 0.3 is 0 Å². The Bertz CT molecular complexity index is 146. The number of likely N-dealkylation sites (N-methyl/N-ethyl adjacent to an activating group) is 1. The van der Waals surface area contributed by atoms with Gasteiger partial charge in [-0.25, -0.2) is 0 Å². The zero-order valence-corrected chi connectivity index (χ0v) is 8.76. The van der Waals surface area contributed by atoms with Gasteiger partial charge in [-0.15, -0.1) is 0 Å². The van der Waals surface area contributed by atoms with Gasteiger partial charge in [0.05, 0.1) is 0 Å². The van der Waals surface area contributed by atoms with Crippen LogP contribution in [0.5, 0.6) is 0 Å². The molecule has 2 nitrogen and oxygen atoms in total. The average molecular weight is 182 g/mol. The van der Waals surface area contributed by atoms with E-state index in [9.17, 15) is 0 Å². The van der Waals surface area contributed by atoms with E-state index >= 15 is 0 Å². The lowest BCUT2D eigenvalue weighted by Crippen LogP contribution is -2.40. The zero-order chi connectivity index (χ0) is 9.10. The highest BCUT2D eigenvalue weighted by Crippen LogP contribution is 2.35. The van der Waals surface area contributed by atoms with Gasteiger partial charge in [-0.3, -0.25) is 0 Å². The van der Waals surface area contributed by atoms with Gasteiger partial charge in [0.1, 0.15) is 0 Å². The molecule has 0 aromatic rings. The summed E-state index contributed by atoms with van der Waals surface area (Å²) >= 11 is 0. The van der Waals surface area contributed by atoms with Gasteiger partial charge in [0.25, 0.3) is 0 Å². The van der Waals surface area contributed by atoms with Crippen LogP contribution in [0.3, 0.4) is 0 Å². The minimum absolute atomic E-state index is 1.04. The number of rotatable bonds is 4. The van der Waals surface area contributed by atoms with E-state index in [4.69, 9.17) is 0 Å². The molecule has 13 heavy (non-hydrogen) atoms. The molecule has 1 aliphatic carbocycles. The largest absolute Gasteiger partial charge is 0.316 e. The second-order valence-corrected chi connectivity index (χ2v) is 4.66. The molecule has 2 fully saturated rings. The number of nitrogens with zero attached hydrogens (tertiary/aromatic N) is 1. The van der Waals surface area contributed by atoms with E-state index in [2.05, 4.69) is 17.1 Å². The van der Waals surface area contributed by atoms with E-state index in [0.29, 0.717) is 0 Å². The molecule has 2 aliphatic rings. The summed E-state index contributed by atoms with van der Waals surface area (Å²) in [6, 6.07) is 0. The van der Waals surface area contributed by atoms with Crippen molar-refractivity contribution in [1.29, 1.82) is 0 Å². The maximum Gasteiger partial charge on any atom is 0.0107 e. The standard InChI is InChI=1S/C11H22N2/c1-2-12-5-6-13-8-10-3-4-11(7-10)9-13/h10-12H,2-9H2,1H3. The number of hydrogen-bond donors (Lipinski definition) is 1. The smallest absolute Gasteiger partial charge is 0.0107 e. The predicted molar refractivity (Wildman–Crippen MR) is 55.8 cm³/mol. The molecule has 2 rings (SSSR count). The molecule has 2 atom stereocenters. The molecule has 1 heterocycles. The minimum Gasteiger partial charge on any atom is -0.316 e. The highest BCUT2D eigenvalue weighted by atomic mass is 15.2. The molecule has 0 aromatic carbocycles. The van der Waals surface area contributed by atoms with Gasteiger partial charge in [0.2, 0.25) is 0 Å². The van der Waals surface area contributed by atoms with Crippen LogP contribution in [0.1, 0.15) is 26.2 Å². The molecule has 76 valence electrons. The monoisotopic (exact) mass is 182 g/mol. The number of nitrogens with one attached hydrogen (secondary N) is 1. The summed E-state index contributed by atoms with van der Waals surface area (Å²) in [6.07, 6.45) is 4.53. The summed E-state index contributed by atoms with van der Waals surface area (Å²) in [4.78, 5) is 2.66. The summed E-state index contributed by atoms with van der Waals surface area (Å²) < 4.78 is 0. The molecule has 0 aromatic heterocycles. The molecule has 2 unspecified atom stereocenters. The van der Waals surface area contributed by atoms with Crippen molar-refractivity contribution in [2.45, 2.75) is 26.2 Å². The highest BCUT2D eigenvalue weighted by Gasteiger charge is 2.32. The maximum atomic E-state index is 3.40. The second-order valence-electron chi connectivity index (χ2n) is 4.66. The van der Waals surface area contributed by atoms with Gasteiger partial charge < -0.3 is 10.2 Å². The Morgan fingerprint density at radius 3 is 2.54 bits per heavy atom. The van der Waals surface area contributed by atoms with Crippen LogP contribution in [0.4, 0.5) is 0 Å². The van der Waals surface area contributed by atoms with Crippen molar-refractivity contribution in [2.75, 3.05) is 32.7 Å². The van der Waals surface area contributed by atoms with Gasteiger partial charge in [0, 0.05) is 26.2 Å². The summed E-state index contributed by atoms with van der Waals surface area (Å²) in [6.45, 7) is 8.49. The first-order chi connectivity index (χ1) is 6.38. The Hall–Kier alpha value is -0.0800. The van der Waals surface area contributed by atoms with Crippen LogP contribution < -0.4 is 5.32 Å². The zero-order valence-electron chi connectivity index (χ0n) is 8.76. The second kappa shape index (κ2) is 4.43. The summed E-state index contributed by atoms with van der Waals surface area (Å²) in [5.41, 5.74) is 0. The summed E-state index contributed by atoms with van der Waals surface area (Å²) in [7, 11) is 0. The molecule has 1 saturated heterocycles. The van der Waals surface area contributed by atoms with Crippen molar-refractivity contribution in [3.8, 4) is 0 Å². The van der Waals surface area contributed by atoms with E-state index in [1.165, 1.54) is 45.4 Å². The van der Waals surface area contributed by atoms with E-state index in [0.717, 1.165) is 18.4 Å². The van der Waals surface area contributed by atoms with Gasteiger partial charge in [-0.1, -0.05) is 6.92 Å². The van der Waals surface area contributed by atoms with Crippen molar-refractivity contribution in [3.63, 3.8) is 0 Å². The molecule has 0 radical (unpaired) electrons. The van der Waals surface area contributed by atoms with Crippen LogP contribution in [-0.2, 0) is 0 Å². The Morgan fingerprint density at radius 1 is 1.23 bits per heavy atom. The van der Waals surface area contributed by atoms with Crippen LogP contribution in [0.15, 0.2) is 0 Å². The fourth-order valence-electron chi connectivity index (χ4n) is 2.91. The van der Waals surface area contributed by atoms with Gasteiger partial charge in [-0.2, -0.15) is 0 Å². The van der Waals surface area contributed by atoms with Crippen molar-refractivity contribution >= 4 is 0 Å². The lowest BCUT2D eigenvalue weighted by molar-refractivity contribution is 0.169. The van der Waals surface area contributed by atoms with Crippen molar-refractivity contribution in [1.82, 2.24) is 10.2 Å². The molecular weight excluding hydrogens is 160 g/mol. The van der Waals surface area contributed by atoms with E-state index in [-0.39, 0.29) is 0 Å². The van der Waals surface area contributed by atoms with Crippen molar-refractivity contribution in [2.24, 2.45) is 11.8 Å². The van der Waals surface area contributed by atoms with E-state index < -0.39 is 0 Å². The molecular formula is C11H22N2. The molecule has 1 aliphatic heterocycles. The first-order valence-electron chi connectivity index (χ1n) is 5.81. The minimum atomic E-state index is 1.04. The van der Waals surface area contributed by atoms with Crippen LogP contribution in [0, 0.1) is 11.8 Å². The SMILES string of the molecule is CCNCCN1CC2CCC(C2)C1. The molecule has 0 amide bonds. The molecule has 2 bridgehead atoms. The number of hydrogen-bond acceptors (Lipinski definition) is 2. The van der Waals surface area contributed by atoms with Crippen LogP contribution in [-0.4, -0.2) is 37.6 Å². The lowest BCUT2D eigenvalue weighted by Gasteiger charge is -2.31. The number of likely N-dealkylation sites (tertiary alicyclic amines) is 1. The van der Waals surface area contributed by atoms with E-state index in [1.54, 1.807) is 0 Å². The molecule has 2 heteroatoms. The number of piperidine rings is 1. The van der Waals surface area contributed by atoms with Crippen LogP contribution >= 0.6 is 0 Å². The Balaban J connectivity index is 1.69.